The van der Waals surface area contributed by atoms with Gasteiger partial charge in [-0.05, 0) is 25.0 Å². The van der Waals surface area contributed by atoms with Gasteiger partial charge in [0.25, 0.3) is 0 Å². The molecule has 2 aromatic rings. The second kappa shape index (κ2) is 5.98. The molecule has 120 valence electrons. The minimum Gasteiger partial charge on any atom is -0.366 e. The highest BCUT2D eigenvalue weighted by molar-refractivity contribution is 5.50. The maximum Gasteiger partial charge on any atom is 0.244 e. The lowest BCUT2D eigenvalue weighted by atomic mass is 10.2. The van der Waals surface area contributed by atoms with Crippen LogP contribution in [-0.2, 0) is 0 Å². The molecule has 4 rings (SSSR count). The van der Waals surface area contributed by atoms with E-state index in [1.807, 2.05) is 12.1 Å². The summed E-state index contributed by atoms with van der Waals surface area (Å²) in [6.07, 6.45) is 4.04. The second-order valence-electron chi connectivity index (χ2n) is 5.98. The van der Waals surface area contributed by atoms with Crippen molar-refractivity contribution in [2.24, 2.45) is 0 Å². The zero-order valence-corrected chi connectivity index (χ0v) is 12.8. The molecule has 0 unspecified atom stereocenters. The van der Waals surface area contributed by atoms with Crippen molar-refractivity contribution in [2.45, 2.75) is 18.9 Å². The van der Waals surface area contributed by atoms with Crippen LogP contribution in [0.25, 0.3) is 0 Å². The van der Waals surface area contributed by atoms with Gasteiger partial charge in [0, 0.05) is 32.2 Å². The molecular weight excluding hydrogens is 295 g/mol. The van der Waals surface area contributed by atoms with Crippen LogP contribution in [0.15, 0.2) is 30.5 Å². The summed E-state index contributed by atoms with van der Waals surface area (Å²) in [5.74, 6) is 1.26. The molecule has 0 bridgehead atoms. The van der Waals surface area contributed by atoms with Crippen molar-refractivity contribution in [1.82, 2.24) is 15.2 Å². The number of aromatic nitrogens is 3. The Morgan fingerprint density at radius 3 is 2.52 bits per heavy atom. The molecule has 2 heterocycles. The lowest BCUT2D eigenvalue weighted by Crippen LogP contribution is -2.47. The molecule has 1 aliphatic carbocycles. The first-order valence-corrected chi connectivity index (χ1v) is 8.00. The molecule has 1 aliphatic heterocycles. The van der Waals surface area contributed by atoms with Crippen LogP contribution in [0.1, 0.15) is 12.8 Å². The standard InChI is InChI=1S/C16H19FN6/c17-13-3-1-2-4-14(13)22-7-9-23(10-8-22)15-11-18-21-16(20-15)19-12-5-6-12/h1-4,11-12H,5-10H2,(H,19,20,21). The monoisotopic (exact) mass is 314 g/mol. The van der Waals surface area contributed by atoms with E-state index >= 15 is 0 Å². The van der Waals surface area contributed by atoms with Crippen molar-refractivity contribution in [3.05, 3.63) is 36.3 Å². The van der Waals surface area contributed by atoms with E-state index < -0.39 is 0 Å². The Labute approximate surface area is 134 Å². The van der Waals surface area contributed by atoms with E-state index in [1.54, 1.807) is 12.3 Å². The number of nitrogens with zero attached hydrogens (tertiary/aromatic N) is 5. The SMILES string of the molecule is Fc1ccccc1N1CCN(c2cnnc(NC3CC3)n2)CC1. The van der Waals surface area contributed by atoms with E-state index in [-0.39, 0.29) is 5.82 Å². The molecule has 1 saturated heterocycles. The number of hydrogen-bond acceptors (Lipinski definition) is 6. The Morgan fingerprint density at radius 2 is 1.78 bits per heavy atom. The van der Waals surface area contributed by atoms with Crippen LogP contribution in [0.3, 0.4) is 0 Å². The topological polar surface area (TPSA) is 57.2 Å². The third kappa shape index (κ3) is 3.18. The minimum atomic E-state index is -0.166. The number of halogens is 1. The first-order valence-electron chi connectivity index (χ1n) is 8.00. The Balaban J connectivity index is 1.42. The summed E-state index contributed by atoms with van der Waals surface area (Å²) >= 11 is 0. The minimum absolute atomic E-state index is 0.166. The largest absolute Gasteiger partial charge is 0.366 e. The van der Waals surface area contributed by atoms with E-state index in [2.05, 4.69) is 30.3 Å². The molecule has 0 radical (unpaired) electrons. The molecule has 7 heteroatoms. The van der Waals surface area contributed by atoms with Gasteiger partial charge in [-0.1, -0.05) is 12.1 Å². The van der Waals surface area contributed by atoms with Crippen molar-refractivity contribution in [2.75, 3.05) is 41.3 Å². The highest BCUT2D eigenvalue weighted by Crippen LogP contribution is 2.24. The summed E-state index contributed by atoms with van der Waals surface area (Å²) in [7, 11) is 0. The smallest absolute Gasteiger partial charge is 0.244 e. The predicted molar refractivity (Wildman–Crippen MR) is 87.3 cm³/mol. The molecular formula is C16H19FN6. The van der Waals surface area contributed by atoms with Crippen molar-refractivity contribution < 1.29 is 4.39 Å². The fourth-order valence-electron chi connectivity index (χ4n) is 2.80. The van der Waals surface area contributed by atoms with Gasteiger partial charge in [0.1, 0.15) is 5.82 Å². The van der Waals surface area contributed by atoms with Crippen molar-refractivity contribution in [3.63, 3.8) is 0 Å². The van der Waals surface area contributed by atoms with Gasteiger partial charge in [-0.15, -0.1) is 5.10 Å². The first-order chi connectivity index (χ1) is 11.3. The summed E-state index contributed by atoms with van der Waals surface area (Å²) < 4.78 is 13.9. The third-order valence-electron chi connectivity index (χ3n) is 4.25. The molecule has 1 N–H and O–H groups in total. The quantitative estimate of drug-likeness (QED) is 0.930. The number of piperazine rings is 1. The predicted octanol–water partition coefficient (Wildman–Crippen LogP) is 1.91. The van der Waals surface area contributed by atoms with Crippen LogP contribution in [-0.4, -0.2) is 47.4 Å². The molecule has 2 fully saturated rings. The van der Waals surface area contributed by atoms with E-state index in [4.69, 9.17) is 0 Å². The number of para-hydroxylation sites is 1. The Hall–Kier alpha value is -2.44. The number of hydrogen-bond donors (Lipinski definition) is 1. The van der Waals surface area contributed by atoms with Crippen molar-refractivity contribution in [1.29, 1.82) is 0 Å². The lowest BCUT2D eigenvalue weighted by Gasteiger charge is -2.36. The molecule has 6 nitrogen and oxygen atoms in total. The van der Waals surface area contributed by atoms with E-state index in [0.717, 1.165) is 32.0 Å². The van der Waals surface area contributed by atoms with Crippen LogP contribution in [0.2, 0.25) is 0 Å². The molecule has 1 saturated carbocycles. The average molecular weight is 314 g/mol. The number of anilines is 3. The molecule has 0 atom stereocenters. The summed E-state index contributed by atoms with van der Waals surface area (Å²) in [6.45, 7) is 3.10. The van der Waals surface area contributed by atoms with Crippen molar-refractivity contribution in [3.8, 4) is 0 Å². The zero-order valence-electron chi connectivity index (χ0n) is 12.8. The van der Waals surface area contributed by atoms with Crippen LogP contribution >= 0.6 is 0 Å². The third-order valence-corrected chi connectivity index (χ3v) is 4.25. The van der Waals surface area contributed by atoms with Gasteiger partial charge < -0.3 is 15.1 Å². The van der Waals surface area contributed by atoms with Gasteiger partial charge in [-0.2, -0.15) is 10.1 Å². The number of rotatable bonds is 4. The Morgan fingerprint density at radius 1 is 1.04 bits per heavy atom. The fourth-order valence-corrected chi connectivity index (χ4v) is 2.80. The molecule has 0 amide bonds. The van der Waals surface area contributed by atoms with Gasteiger partial charge in [0.2, 0.25) is 5.95 Å². The summed E-state index contributed by atoms with van der Waals surface area (Å²) in [6, 6.07) is 7.43. The summed E-state index contributed by atoms with van der Waals surface area (Å²) in [5, 5.41) is 11.3. The maximum atomic E-state index is 13.9. The van der Waals surface area contributed by atoms with E-state index in [1.165, 1.54) is 18.9 Å². The van der Waals surface area contributed by atoms with Crippen LogP contribution in [0.5, 0.6) is 0 Å². The number of nitrogens with one attached hydrogen (secondary N) is 1. The van der Waals surface area contributed by atoms with Gasteiger partial charge in [0.05, 0.1) is 11.9 Å². The summed E-state index contributed by atoms with van der Waals surface area (Å²) in [4.78, 5) is 8.78. The highest BCUT2D eigenvalue weighted by Gasteiger charge is 2.24. The number of benzene rings is 1. The fraction of sp³-hybridized carbons (Fsp3) is 0.438. The normalized spacial score (nSPS) is 18.1. The van der Waals surface area contributed by atoms with Gasteiger partial charge >= 0.3 is 0 Å². The van der Waals surface area contributed by atoms with Crippen LogP contribution < -0.4 is 15.1 Å². The maximum absolute atomic E-state index is 13.9. The summed E-state index contributed by atoms with van der Waals surface area (Å²) in [5.41, 5.74) is 0.670. The van der Waals surface area contributed by atoms with Gasteiger partial charge in [-0.25, -0.2) is 4.39 Å². The molecule has 0 spiro atoms. The van der Waals surface area contributed by atoms with Crippen LogP contribution in [0.4, 0.5) is 21.8 Å². The second-order valence-corrected chi connectivity index (χ2v) is 5.98. The first kappa shape index (κ1) is 14.2. The van der Waals surface area contributed by atoms with E-state index in [9.17, 15) is 4.39 Å². The van der Waals surface area contributed by atoms with Crippen LogP contribution in [0, 0.1) is 5.82 Å². The molecule has 1 aromatic carbocycles. The molecule has 23 heavy (non-hydrogen) atoms. The lowest BCUT2D eigenvalue weighted by molar-refractivity contribution is 0.595. The zero-order chi connectivity index (χ0) is 15.6. The Bertz CT molecular complexity index is 682. The van der Waals surface area contributed by atoms with Gasteiger partial charge in [0.15, 0.2) is 5.82 Å². The molecule has 1 aromatic heterocycles. The van der Waals surface area contributed by atoms with Gasteiger partial charge in [-0.3, -0.25) is 0 Å². The average Bonchev–Trinajstić information content (AvgIpc) is 3.40. The van der Waals surface area contributed by atoms with E-state index in [0.29, 0.717) is 17.7 Å². The Kier molecular flexibility index (Phi) is 3.69. The highest BCUT2D eigenvalue weighted by atomic mass is 19.1. The van der Waals surface area contributed by atoms with Crippen molar-refractivity contribution >= 4 is 17.5 Å². The molecule has 2 aliphatic rings.